The fourth-order valence-electron chi connectivity index (χ4n) is 0.902. The van der Waals surface area contributed by atoms with E-state index in [1.807, 2.05) is 6.26 Å². The molecule has 0 amide bonds. The first-order valence-electron chi connectivity index (χ1n) is 3.57. The standard InChI is InChI=1S/C8H8N2O2S2/c1-10-5-4(9)6(7(11)12-2)14-8(5)13-3/h9H2,2-3H3. The molecule has 14 heavy (non-hydrogen) atoms. The minimum atomic E-state index is -0.488. The molecule has 0 saturated heterocycles. The van der Waals surface area contributed by atoms with Crippen molar-refractivity contribution in [1.82, 2.24) is 0 Å². The van der Waals surface area contributed by atoms with Crippen LogP contribution in [0.5, 0.6) is 0 Å². The van der Waals surface area contributed by atoms with E-state index in [1.54, 1.807) is 0 Å². The third kappa shape index (κ3) is 1.69. The Morgan fingerprint density at radius 3 is 2.71 bits per heavy atom. The largest absolute Gasteiger partial charge is 0.465 e. The number of methoxy groups -OCH3 is 1. The summed E-state index contributed by atoms with van der Waals surface area (Å²) >= 11 is 2.59. The summed E-state index contributed by atoms with van der Waals surface area (Å²) < 4.78 is 5.30. The van der Waals surface area contributed by atoms with Gasteiger partial charge < -0.3 is 10.5 Å². The molecule has 1 aromatic rings. The average Bonchev–Trinajstić information content (AvgIpc) is 2.53. The predicted octanol–water partition coefficient (Wildman–Crippen LogP) is 2.39. The van der Waals surface area contributed by atoms with E-state index >= 15 is 0 Å². The average molecular weight is 228 g/mol. The van der Waals surface area contributed by atoms with Crippen LogP contribution in [0.4, 0.5) is 11.4 Å². The summed E-state index contributed by atoms with van der Waals surface area (Å²) in [7, 11) is 1.29. The van der Waals surface area contributed by atoms with Crippen molar-refractivity contribution in [3.8, 4) is 0 Å². The highest BCUT2D eigenvalue weighted by Crippen LogP contribution is 2.43. The lowest BCUT2D eigenvalue weighted by Gasteiger charge is -1.95. The quantitative estimate of drug-likeness (QED) is 0.479. The van der Waals surface area contributed by atoms with E-state index in [1.165, 1.54) is 30.2 Å². The van der Waals surface area contributed by atoms with Crippen LogP contribution in [0, 0.1) is 6.57 Å². The number of nitrogen functional groups attached to an aromatic ring is 1. The number of carbonyl (C=O) groups excluding carboxylic acids is 1. The molecule has 0 aliphatic rings. The number of nitrogens with zero attached hydrogens (tertiary/aromatic N) is 1. The van der Waals surface area contributed by atoms with Crippen molar-refractivity contribution in [1.29, 1.82) is 0 Å². The maximum absolute atomic E-state index is 11.2. The van der Waals surface area contributed by atoms with Crippen LogP contribution < -0.4 is 5.73 Å². The number of nitrogens with two attached hydrogens (primary N) is 1. The molecule has 0 aromatic carbocycles. The highest BCUT2D eigenvalue weighted by atomic mass is 32.2. The molecule has 1 aromatic heterocycles. The molecule has 0 aliphatic heterocycles. The van der Waals surface area contributed by atoms with Gasteiger partial charge in [0, 0.05) is 0 Å². The zero-order valence-electron chi connectivity index (χ0n) is 7.66. The summed E-state index contributed by atoms with van der Waals surface area (Å²) in [5.41, 5.74) is 6.22. The maximum Gasteiger partial charge on any atom is 0.348 e. The highest BCUT2D eigenvalue weighted by molar-refractivity contribution is 8.00. The van der Waals surface area contributed by atoms with Gasteiger partial charge in [0.25, 0.3) is 0 Å². The van der Waals surface area contributed by atoms with Gasteiger partial charge in [0.1, 0.15) is 4.88 Å². The van der Waals surface area contributed by atoms with E-state index in [0.29, 0.717) is 10.6 Å². The SMILES string of the molecule is [C-]#[N+]c1c(SC)sc(C(=O)OC)c1N. The van der Waals surface area contributed by atoms with Gasteiger partial charge in [-0.2, -0.15) is 0 Å². The van der Waals surface area contributed by atoms with E-state index in [-0.39, 0.29) is 5.69 Å². The van der Waals surface area contributed by atoms with Crippen molar-refractivity contribution in [3.05, 3.63) is 16.3 Å². The topological polar surface area (TPSA) is 56.7 Å². The van der Waals surface area contributed by atoms with E-state index < -0.39 is 5.97 Å². The summed E-state index contributed by atoms with van der Waals surface area (Å²) in [6.45, 7) is 6.93. The van der Waals surface area contributed by atoms with Crippen LogP contribution in [0.2, 0.25) is 0 Å². The summed E-state index contributed by atoms with van der Waals surface area (Å²) in [6.07, 6.45) is 1.83. The molecule has 0 atom stereocenters. The van der Waals surface area contributed by atoms with Gasteiger partial charge in [-0.05, 0) is 6.26 Å². The van der Waals surface area contributed by atoms with Gasteiger partial charge in [-0.3, -0.25) is 0 Å². The molecule has 74 valence electrons. The molecule has 2 N–H and O–H groups in total. The van der Waals surface area contributed by atoms with Crippen LogP contribution in [0.3, 0.4) is 0 Å². The van der Waals surface area contributed by atoms with Crippen LogP contribution in [-0.2, 0) is 4.74 Å². The fourth-order valence-corrected chi connectivity index (χ4v) is 2.65. The number of ether oxygens (including phenoxy) is 1. The first-order chi connectivity index (χ1) is 6.65. The molecule has 6 heteroatoms. The molecule has 0 radical (unpaired) electrons. The summed E-state index contributed by atoms with van der Waals surface area (Å²) in [5, 5.41) is 0. The number of carbonyl (C=O) groups is 1. The molecule has 4 nitrogen and oxygen atoms in total. The second-order valence-corrected chi connectivity index (χ2v) is 4.38. The molecule has 0 fully saturated rings. The van der Waals surface area contributed by atoms with Crippen molar-refractivity contribution in [3.63, 3.8) is 0 Å². The van der Waals surface area contributed by atoms with Crippen LogP contribution in [0.1, 0.15) is 9.67 Å². The number of hydrogen-bond acceptors (Lipinski definition) is 5. The Hall–Kier alpha value is -1.19. The van der Waals surface area contributed by atoms with Crippen molar-refractivity contribution in [2.45, 2.75) is 4.21 Å². The van der Waals surface area contributed by atoms with Crippen molar-refractivity contribution < 1.29 is 9.53 Å². The molecule has 0 aliphatic carbocycles. The minimum absolute atomic E-state index is 0.223. The zero-order valence-corrected chi connectivity index (χ0v) is 9.29. The zero-order chi connectivity index (χ0) is 10.7. The molecule has 0 saturated carbocycles. The van der Waals surface area contributed by atoms with Gasteiger partial charge in [0.2, 0.25) is 5.69 Å². The normalized spacial score (nSPS) is 9.50. The molecular formula is C8H8N2O2S2. The second-order valence-electron chi connectivity index (χ2n) is 2.29. The van der Waals surface area contributed by atoms with Gasteiger partial charge in [0.15, 0.2) is 0 Å². The first-order valence-corrected chi connectivity index (χ1v) is 5.61. The summed E-state index contributed by atoms with van der Waals surface area (Å²) in [6, 6.07) is 0. The Balaban J connectivity index is 3.29. The number of esters is 1. The number of rotatable bonds is 2. The Bertz CT molecular complexity index is 406. The fraction of sp³-hybridized carbons (Fsp3) is 0.250. The number of hydrogen-bond donors (Lipinski definition) is 1. The van der Waals surface area contributed by atoms with Crippen LogP contribution in [0.25, 0.3) is 4.85 Å². The lowest BCUT2D eigenvalue weighted by atomic mass is 10.3. The van der Waals surface area contributed by atoms with Crippen molar-refractivity contribution >= 4 is 40.4 Å². The molecule has 0 spiro atoms. The van der Waals surface area contributed by atoms with Crippen molar-refractivity contribution in [2.75, 3.05) is 19.1 Å². The maximum atomic E-state index is 11.2. The number of anilines is 1. The van der Waals surface area contributed by atoms with Crippen molar-refractivity contribution in [2.24, 2.45) is 0 Å². The smallest absolute Gasteiger partial charge is 0.348 e. The first kappa shape index (κ1) is 10.9. The number of thioether (sulfide) groups is 1. The van der Waals surface area contributed by atoms with Gasteiger partial charge >= 0.3 is 5.97 Å². The Kier molecular flexibility index (Phi) is 3.38. The van der Waals surface area contributed by atoms with Gasteiger partial charge in [-0.15, -0.1) is 23.1 Å². The number of thiophene rings is 1. The third-order valence-electron chi connectivity index (χ3n) is 1.56. The van der Waals surface area contributed by atoms with E-state index in [9.17, 15) is 4.79 Å². The van der Waals surface area contributed by atoms with Crippen LogP contribution in [-0.4, -0.2) is 19.3 Å². The molecule has 0 unspecified atom stereocenters. The molecule has 1 heterocycles. The molecule has 1 rings (SSSR count). The van der Waals surface area contributed by atoms with E-state index in [4.69, 9.17) is 12.3 Å². The summed E-state index contributed by atoms with van der Waals surface area (Å²) in [5.74, 6) is -0.488. The third-order valence-corrected chi connectivity index (χ3v) is 3.84. The van der Waals surface area contributed by atoms with Gasteiger partial charge in [0.05, 0.1) is 23.6 Å². The van der Waals surface area contributed by atoms with E-state index in [0.717, 1.165) is 4.21 Å². The van der Waals surface area contributed by atoms with Crippen LogP contribution >= 0.6 is 23.1 Å². The monoisotopic (exact) mass is 228 g/mol. The lowest BCUT2D eigenvalue weighted by molar-refractivity contribution is 0.0607. The van der Waals surface area contributed by atoms with Gasteiger partial charge in [-0.1, -0.05) is 0 Å². The van der Waals surface area contributed by atoms with Gasteiger partial charge in [-0.25, -0.2) is 9.64 Å². The Morgan fingerprint density at radius 2 is 2.36 bits per heavy atom. The van der Waals surface area contributed by atoms with E-state index in [2.05, 4.69) is 9.58 Å². The molecule has 0 bridgehead atoms. The minimum Gasteiger partial charge on any atom is -0.465 e. The Morgan fingerprint density at radius 1 is 1.71 bits per heavy atom. The van der Waals surface area contributed by atoms with Crippen LogP contribution in [0.15, 0.2) is 4.21 Å². The Labute approximate surface area is 89.9 Å². The summed E-state index contributed by atoms with van der Waals surface area (Å²) in [4.78, 5) is 14.8. The second kappa shape index (κ2) is 4.35. The predicted molar refractivity (Wildman–Crippen MR) is 58.1 cm³/mol. The lowest BCUT2D eigenvalue weighted by Crippen LogP contribution is -2.01. The molecular weight excluding hydrogens is 220 g/mol. The highest BCUT2D eigenvalue weighted by Gasteiger charge is 2.20.